The Kier molecular flexibility index (Phi) is 6.30. The van der Waals surface area contributed by atoms with Crippen molar-refractivity contribution in [3.8, 4) is 5.75 Å². The number of amides is 1. The maximum atomic E-state index is 13.6. The van der Waals surface area contributed by atoms with Crippen molar-refractivity contribution < 1.29 is 14.3 Å². The Bertz CT molecular complexity index is 1210. The molecule has 1 aliphatic heterocycles. The lowest BCUT2D eigenvalue weighted by atomic mass is 9.68. The molecule has 1 aliphatic carbocycles. The molecule has 2 aromatic rings. The van der Waals surface area contributed by atoms with Gasteiger partial charge in [-0.25, -0.2) is 0 Å². The summed E-state index contributed by atoms with van der Waals surface area (Å²) >= 11 is 12.8. The number of benzene rings is 2. The van der Waals surface area contributed by atoms with Crippen LogP contribution in [0.4, 0.5) is 5.69 Å². The van der Waals surface area contributed by atoms with E-state index in [-0.39, 0.29) is 17.1 Å². The van der Waals surface area contributed by atoms with Gasteiger partial charge in [0.15, 0.2) is 5.78 Å². The number of ether oxygens (including phenoxy) is 1. The molecule has 5 nitrogen and oxygen atoms in total. The lowest BCUT2D eigenvalue weighted by molar-refractivity contribution is -0.118. The van der Waals surface area contributed by atoms with Gasteiger partial charge in [0.05, 0.1) is 12.8 Å². The van der Waals surface area contributed by atoms with Crippen molar-refractivity contribution in [3.63, 3.8) is 0 Å². The highest BCUT2D eigenvalue weighted by Gasteiger charge is 2.43. The van der Waals surface area contributed by atoms with Crippen molar-refractivity contribution in [2.75, 3.05) is 12.4 Å². The molecule has 172 valence electrons. The van der Waals surface area contributed by atoms with Crippen LogP contribution >= 0.6 is 23.2 Å². The van der Waals surface area contributed by atoms with Crippen molar-refractivity contribution in [2.45, 2.75) is 39.5 Å². The summed E-state index contributed by atoms with van der Waals surface area (Å²) in [7, 11) is 1.55. The molecule has 1 heterocycles. The Labute approximate surface area is 203 Å². The fourth-order valence-electron chi connectivity index (χ4n) is 4.72. The van der Waals surface area contributed by atoms with E-state index < -0.39 is 5.92 Å². The summed E-state index contributed by atoms with van der Waals surface area (Å²) < 4.78 is 5.38. The first-order chi connectivity index (χ1) is 15.6. The van der Waals surface area contributed by atoms with Crippen LogP contribution in [0.15, 0.2) is 65.0 Å². The van der Waals surface area contributed by atoms with Gasteiger partial charge < -0.3 is 15.4 Å². The number of hydrogen-bond donors (Lipinski definition) is 2. The number of dihydropyridines is 1. The van der Waals surface area contributed by atoms with Gasteiger partial charge in [-0.3, -0.25) is 9.59 Å². The summed E-state index contributed by atoms with van der Waals surface area (Å²) in [5.41, 5.74) is 3.61. The highest BCUT2D eigenvalue weighted by Crippen LogP contribution is 2.48. The number of allylic oxidation sites excluding steroid dienone is 3. The third-order valence-corrected chi connectivity index (χ3v) is 6.68. The molecule has 0 saturated carbocycles. The van der Waals surface area contributed by atoms with Gasteiger partial charge in [-0.05, 0) is 48.6 Å². The first-order valence-corrected chi connectivity index (χ1v) is 11.5. The SMILES string of the molecule is COc1ccccc1NC(=O)C1=C(C)NC2=C(C(=O)CC(C)(C)C2)[C@H]1c1ccc(Cl)cc1Cl. The molecule has 0 unspecified atom stereocenters. The summed E-state index contributed by atoms with van der Waals surface area (Å²) in [5.74, 6) is -0.377. The first-order valence-electron chi connectivity index (χ1n) is 10.7. The second kappa shape index (κ2) is 8.88. The van der Waals surface area contributed by atoms with Gasteiger partial charge in [0, 0.05) is 44.9 Å². The van der Waals surface area contributed by atoms with E-state index in [1.54, 1.807) is 37.4 Å². The monoisotopic (exact) mass is 484 g/mol. The Morgan fingerprint density at radius 2 is 1.88 bits per heavy atom. The van der Waals surface area contributed by atoms with Gasteiger partial charge in [-0.2, -0.15) is 0 Å². The van der Waals surface area contributed by atoms with E-state index >= 15 is 0 Å². The number of nitrogens with one attached hydrogen (secondary N) is 2. The third kappa shape index (κ3) is 4.53. The number of halogens is 2. The zero-order valence-corrected chi connectivity index (χ0v) is 20.5. The molecule has 0 saturated heterocycles. The van der Waals surface area contributed by atoms with Crippen LogP contribution in [0.25, 0.3) is 0 Å². The number of rotatable bonds is 4. The molecule has 0 spiro atoms. The number of anilines is 1. The van der Waals surface area contributed by atoms with Gasteiger partial charge in [-0.1, -0.05) is 55.2 Å². The maximum Gasteiger partial charge on any atom is 0.254 e. The number of ketones is 1. The van der Waals surface area contributed by atoms with E-state index in [0.717, 1.165) is 5.70 Å². The van der Waals surface area contributed by atoms with E-state index in [1.165, 1.54) is 0 Å². The maximum absolute atomic E-state index is 13.6. The number of carbonyl (C=O) groups excluding carboxylic acids is 2. The van der Waals surface area contributed by atoms with E-state index in [0.29, 0.717) is 56.7 Å². The number of methoxy groups -OCH3 is 1. The second-order valence-electron chi connectivity index (χ2n) is 9.25. The molecule has 0 aromatic heterocycles. The van der Waals surface area contributed by atoms with Crippen molar-refractivity contribution in [1.82, 2.24) is 5.32 Å². The van der Waals surface area contributed by atoms with Gasteiger partial charge in [0.2, 0.25) is 0 Å². The zero-order valence-electron chi connectivity index (χ0n) is 19.0. The Morgan fingerprint density at radius 1 is 1.15 bits per heavy atom. The molecule has 0 fully saturated rings. The van der Waals surface area contributed by atoms with E-state index in [2.05, 4.69) is 24.5 Å². The Balaban J connectivity index is 1.84. The molecular weight excluding hydrogens is 459 g/mol. The fourth-order valence-corrected chi connectivity index (χ4v) is 5.24. The molecular formula is C26H26Cl2N2O3. The molecule has 2 aromatic carbocycles. The lowest BCUT2D eigenvalue weighted by Gasteiger charge is -2.39. The fraction of sp³-hybridized carbons (Fsp3) is 0.308. The molecule has 2 aliphatic rings. The summed E-state index contributed by atoms with van der Waals surface area (Å²) in [6.07, 6.45) is 1.10. The first kappa shape index (κ1) is 23.4. The van der Waals surface area contributed by atoms with Crippen molar-refractivity contribution in [1.29, 1.82) is 0 Å². The zero-order chi connectivity index (χ0) is 23.9. The Hall–Kier alpha value is -2.76. The predicted molar refractivity (Wildman–Crippen MR) is 132 cm³/mol. The average Bonchev–Trinajstić information content (AvgIpc) is 2.72. The van der Waals surface area contributed by atoms with Crippen LogP contribution in [0.1, 0.15) is 45.1 Å². The number of hydrogen-bond acceptors (Lipinski definition) is 4. The van der Waals surface area contributed by atoms with Crippen LogP contribution in [-0.4, -0.2) is 18.8 Å². The second-order valence-corrected chi connectivity index (χ2v) is 10.1. The normalized spacial score (nSPS) is 19.7. The van der Waals surface area contributed by atoms with Gasteiger partial charge in [-0.15, -0.1) is 0 Å². The summed E-state index contributed by atoms with van der Waals surface area (Å²) in [6.45, 7) is 6.00. The minimum Gasteiger partial charge on any atom is -0.495 e. The van der Waals surface area contributed by atoms with Crippen LogP contribution < -0.4 is 15.4 Å². The predicted octanol–water partition coefficient (Wildman–Crippen LogP) is 6.24. The molecule has 33 heavy (non-hydrogen) atoms. The van der Waals surface area contributed by atoms with Crippen LogP contribution in [-0.2, 0) is 9.59 Å². The minimum atomic E-state index is -0.607. The van der Waals surface area contributed by atoms with E-state index in [4.69, 9.17) is 27.9 Å². The van der Waals surface area contributed by atoms with Crippen LogP contribution in [0.5, 0.6) is 5.75 Å². The molecule has 4 rings (SSSR count). The van der Waals surface area contributed by atoms with E-state index in [1.807, 2.05) is 19.1 Å². The quantitative estimate of drug-likeness (QED) is 0.538. The van der Waals surface area contributed by atoms with Crippen LogP contribution in [0.3, 0.4) is 0 Å². The number of para-hydroxylation sites is 2. The standard InChI is InChI=1S/C26H26Cl2N2O3/c1-14-22(25(32)30-18-7-5-6-8-21(18)33-4)23(16-10-9-15(27)11-17(16)28)24-19(29-14)12-26(2,3)13-20(24)31/h5-11,23,29H,12-13H2,1-4H3,(H,30,32)/t23-/m0/s1. The number of carbonyl (C=O) groups is 2. The summed E-state index contributed by atoms with van der Waals surface area (Å²) in [4.78, 5) is 27.0. The topological polar surface area (TPSA) is 67.4 Å². The van der Waals surface area contributed by atoms with Crippen LogP contribution in [0, 0.1) is 5.41 Å². The molecule has 1 atom stereocenters. The largest absolute Gasteiger partial charge is 0.495 e. The minimum absolute atomic E-state index is 0.0138. The average molecular weight is 485 g/mol. The third-order valence-electron chi connectivity index (χ3n) is 6.11. The summed E-state index contributed by atoms with van der Waals surface area (Å²) in [6, 6.07) is 12.4. The van der Waals surface area contributed by atoms with Crippen molar-refractivity contribution >= 4 is 40.6 Å². The molecule has 0 radical (unpaired) electrons. The van der Waals surface area contributed by atoms with Crippen molar-refractivity contribution in [3.05, 3.63) is 80.6 Å². The van der Waals surface area contributed by atoms with Crippen LogP contribution in [0.2, 0.25) is 10.0 Å². The van der Waals surface area contributed by atoms with Crippen molar-refractivity contribution in [2.24, 2.45) is 5.41 Å². The lowest BCUT2D eigenvalue weighted by Crippen LogP contribution is -2.39. The molecule has 1 amide bonds. The Morgan fingerprint density at radius 3 is 2.58 bits per heavy atom. The van der Waals surface area contributed by atoms with Gasteiger partial charge >= 0.3 is 0 Å². The van der Waals surface area contributed by atoms with Gasteiger partial charge in [0.25, 0.3) is 5.91 Å². The highest BCUT2D eigenvalue weighted by atomic mass is 35.5. The summed E-state index contributed by atoms with van der Waals surface area (Å²) in [5, 5.41) is 7.21. The smallest absolute Gasteiger partial charge is 0.254 e. The highest BCUT2D eigenvalue weighted by molar-refractivity contribution is 6.35. The molecule has 7 heteroatoms. The number of Topliss-reactive ketones (excluding diaryl/α,β-unsaturated/α-hetero) is 1. The van der Waals surface area contributed by atoms with E-state index in [9.17, 15) is 9.59 Å². The van der Waals surface area contributed by atoms with Gasteiger partial charge in [0.1, 0.15) is 5.75 Å². The molecule has 2 N–H and O–H groups in total. The molecule has 0 bridgehead atoms.